The second-order valence-corrected chi connectivity index (χ2v) is 3.99. The molecule has 0 atom stereocenters. The number of rotatable bonds is 4. The average molecular weight is 246 g/mol. The van der Waals surface area contributed by atoms with E-state index in [-0.39, 0.29) is 11.8 Å². The van der Waals surface area contributed by atoms with Gasteiger partial charge in [0.25, 0.3) is 0 Å². The van der Waals surface area contributed by atoms with Crippen LogP contribution in [-0.4, -0.2) is 30.3 Å². The molecule has 0 aliphatic rings. The first-order valence-electron chi connectivity index (χ1n) is 5.83. The van der Waals surface area contributed by atoms with E-state index in [1.807, 2.05) is 19.1 Å². The SMILES string of the molecule is CCN(C)C(=O)/C=C/c1ccc(NC(C)=O)cc1. The predicted molar refractivity (Wildman–Crippen MR) is 73.1 cm³/mol. The molecular formula is C14H18N2O2. The molecule has 0 bridgehead atoms. The Labute approximate surface area is 107 Å². The Kier molecular flexibility index (Phi) is 5.11. The maximum atomic E-state index is 11.5. The van der Waals surface area contributed by atoms with Gasteiger partial charge < -0.3 is 10.2 Å². The minimum atomic E-state index is -0.0990. The number of hydrogen-bond acceptors (Lipinski definition) is 2. The first-order valence-corrected chi connectivity index (χ1v) is 5.83. The fourth-order valence-electron chi connectivity index (χ4n) is 1.33. The molecule has 0 heterocycles. The quantitative estimate of drug-likeness (QED) is 0.827. The number of hydrogen-bond donors (Lipinski definition) is 1. The number of carbonyl (C=O) groups excluding carboxylic acids is 2. The Balaban J connectivity index is 2.66. The van der Waals surface area contributed by atoms with E-state index in [0.717, 1.165) is 11.3 Å². The van der Waals surface area contributed by atoms with Crippen LogP contribution in [0.5, 0.6) is 0 Å². The molecule has 0 aliphatic carbocycles. The van der Waals surface area contributed by atoms with E-state index in [9.17, 15) is 9.59 Å². The van der Waals surface area contributed by atoms with Crippen molar-refractivity contribution in [1.29, 1.82) is 0 Å². The van der Waals surface area contributed by atoms with Crippen molar-refractivity contribution in [3.8, 4) is 0 Å². The van der Waals surface area contributed by atoms with Crippen LogP contribution in [-0.2, 0) is 9.59 Å². The first kappa shape index (κ1) is 14.0. The van der Waals surface area contributed by atoms with Gasteiger partial charge in [-0.2, -0.15) is 0 Å². The highest BCUT2D eigenvalue weighted by atomic mass is 16.2. The largest absolute Gasteiger partial charge is 0.343 e. The summed E-state index contributed by atoms with van der Waals surface area (Å²) in [5.74, 6) is -0.124. The lowest BCUT2D eigenvalue weighted by Gasteiger charge is -2.10. The van der Waals surface area contributed by atoms with Crippen molar-refractivity contribution in [3.05, 3.63) is 35.9 Å². The highest BCUT2D eigenvalue weighted by Crippen LogP contribution is 2.10. The fraction of sp³-hybridized carbons (Fsp3) is 0.286. The van der Waals surface area contributed by atoms with E-state index in [1.165, 1.54) is 13.0 Å². The molecular weight excluding hydrogens is 228 g/mol. The summed E-state index contributed by atoms with van der Waals surface area (Å²) in [6.45, 7) is 4.08. The molecule has 0 aliphatic heterocycles. The highest BCUT2D eigenvalue weighted by molar-refractivity contribution is 5.92. The summed E-state index contributed by atoms with van der Waals surface area (Å²) in [6.07, 6.45) is 3.29. The van der Waals surface area contributed by atoms with E-state index >= 15 is 0 Å². The van der Waals surface area contributed by atoms with Gasteiger partial charge in [-0.25, -0.2) is 0 Å². The van der Waals surface area contributed by atoms with Crippen LogP contribution < -0.4 is 5.32 Å². The second kappa shape index (κ2) is 6.59. The number of carbonyl (C=O) groups is 2. The molecule has 1 rings (SSSR count). The fourth-order valence-corrected chi connectivity index (χ4v) is 1.33. The zero-order chi connectivity index (χ0) is 13.5. The van der Waals surface area contributed by atoms with Gasteiger partial charge in [0.05, 0.1) is 0 Å². The van der Waals surface area contributed by atoms with Gasteiger partial charge in [-0.15, -0.1) is 0 Å². The predicted octanol–water partition coefficient (Wildman–Crippen LogP) is 2.14. The molecule has 0 saturated heterocycles. The van der Waals surface area contributed by atoms with Gasteiger partial charge in [0.2, 0.25) is 11.8 Å². The van der Waals surface area contributed by atoms with Crippen molar-refractivity contribution in [1.82, 2.24) is 4.90 Å². The highest BCUT2D eigenvalue weighted by Gasteiger charge is 2.00. The Morgan fingerprint density at radius 1 is 1.28 bits per heavy atom. The van der Waals surface area contributed by atoms with E-state index in [0.29, 0.717) is 6.54 Å². The van der Waals surface area contributed by atoms with E-state index in [4.69, 9.17) is 0 Å². The standard InChI is InChI=1S/C14H18N2O2/c1-4-16(3)14(18)10-7-12-5-8-13(9-6-12)15-11(2)17/h5-10H,4H2,1-3H3,(H,15,17)/b10-7+. The van der Waals surface area contributed by atoms with Crippen LogP contribution in [0.3, 0.4) is 0 Å². The molecule has 0 radical (unpaired) electrons. The Morgan fingerprint density at radius 3 is 2.39 bits per heavy atom. The topological polar surface area (TPSA) is 49.4 Å². The number of benzene rings is 1. The Bertz CT molecular complexity index is 449. The molecule has 4 heteroatoms. The molecule has 0 aromatic heterocycles. The lowest BCUT2D eigenvalue weighted by molar-refractivity contribution is -0.124. The molecule has 96 valence electrons. The molecule has 2 amide bonds. The third kappa shape index (κ3) is 4.41. The van der Waals surface area contributed by atoms with Crippen molar-refractivity contribution in [2.24, 2.45) is 0 Å². The number of amides is 2. The summed E-state index contributed by atoms with van der Waals surface area (Å²) >= 11 is 0. The van der Waals surface area contributed by atoms with E-state index in [1.54, 1.807) is 30.2 Å². The lowest BCUT2D eigenvalue weighted by atomic mass is 10.2. The van der Waals surface area contributed by atoms with Gasteiger partial charge in [-0.3, -0.25) is 9.59 Å². The maximum absolute atomic E-state index is 11.5. The van der Waals surface area contributed by atoms with Crippen LogP contribution in [0.1, 0.15) is 19.4 Å². The van der Waals surface area contributed by atoms with Crippen LogP contribution in [0.4, 0.5) is 5.69 Å². The number of likely N-dealkylation sites (N-methyl/N-ethyl adjacent to an activating group) is 1. The summed E-state index contributed by atoms with van der Waals surface area (Å²) in [5, 5.41) is 2.69. The summed E-state index contributed by atoms with van der Waals surface area (Å²) in [4.78, 5) is 24.0. The molecule has 1 N–H and O–H groups in total. The minimum absolute atomic E-state index is 0.0246. The van der Waals surface area contributed by atoms with Crippen LogP contribution in [0, 0.1) is 0 Å². The first-order chi connectivity index (χ1) is 8.52. The van der Waals surface area contributed by atoms with Gasteiger partial charge in [0, 0.05) is 32.3 Å². The van der Waals surface area contributed by atoms with Crippen molar-refractivity contribution in [2.45, 2.75) is 13.8 Å². The summed E-state index contributed by atoms with van der Waals surface area (Å²) in [6, 6.07) is 7.30. The normalized spacial score (nSPS) is 10.4. The molecule has 4 nitrogen and oxygen atoms in total. The molecule has 1 aromatic rings. The van der Waals surface area contributed by atoms with Gasteiger partial charge in [-0.1, -0.05) is 12.1 Å². The number of nitrogens with one attached hydrogen (secondary N) is 1. The molecule has 1 aromatic carbocycles. The summed E-state index contributed by atoms with van der Waals surface area (Å²) in [7, 11) is 1.76. The lowest BCUT2D eigenvalue weighted by Crippen LogP contribution is -2.23. The zero-order valence-electron chi connectivity index (χ0n) is 10.9. The van der Waals surface area contributed by atoms with Gasteiger partial charge in [-0.05, 0) is 30.7 Å². The smallest absolute Gasteiger partial charge is 0.246 e. The Morgan fingerprint density at radius 2 is 1.89 bits per heavy atom. The second-order valence-electron chi connectivity index (χ2n) is 3.99. The van der Waals surface area contributed by atoms with E-state index < -0.39 is 0 Å². The number of anilines is 1. The third-order valence-electron chi connectivity index (χ3n) is 2.50. The zero-order valence-corrected chi connectivity index (χ0v) is 10.9. The number of nitrogens with zero attached hydrogens (tertiary/aromatic N) is 1. The third-order valence-corrected chi connectivity index (χ3v) is 2.50. The van der Waals surface area contributed by atoms with Crippen molar-refractivity contribution in [2.75, 3.05) is 18.9 Å². The monoisotopic (exact) mass is 246 g/mol. The van der Waals surface area contributed by atoms with Crippen molar-refractivity contribution in [3.63, 3.8) is 0 Å². The van der Waals surface area contributed by atoms with E-state index in [2.05, 4.69) is 5.32 Å². The molecule has 0 fully saturated rings. The van der Waals surface area contributed by atoms with Crippen molar-refractivity contribution < 1.29 is 9.59 Å². The van der Waals surface area contributed by atoms with Gasteiger partial charge in [0.1, 0.15) is 0 Å². The van der Waals surface area contributed by atoms with Crippen LogP contribution in [0.15, 0.2) is 30.3 Å². The maximum Gasteiger partial charge on any atom is 0.246 e. The van der Waals surface area contributed by atoms with Gasteiger partial charge >= 0.3 is 0 Å². The molecule has 0 unspecified atom stereocenters. The van der Waals surface area contributed by atoms with Gasteiger partial charge in [0.15, 0.2) is 0 Å². The summed E-state index contributed by atoms with van der Waals surface area (Å²) < 4.78 is 0. The van der Waals surface area contributed by atoms with Crippen LogP contribution in [0.2, 0.25) is 0 Å². The van der Waals surface area contributed by atoms with Crippen LogP contribution in [0.25, 0.3) is 6.08 Å². The molecule has 0 saturated carbocycles. The van der Waals surface area contributed by atoms with Crippen LogP contribution >= 0.6 is 0 Å². The molecule has 0 spiro atoms. The molecule has 18 heavy (non-hydrogen) atoms. The average Bonchev–Trinajstić information content (AvgIpc) is 2.36. The summed E-state index contributed by atoms with van der Waals surface area (Å²) in [5.41, 5.74) is 1.67. The minimum Gasteiger partial charge on any atom is -0.343 e. The van der Waals surface area contributed by atoms with Crippen molar-refractivity contribution >= 4 is 23.6 Å². The Hall–Kier alpha value is -2.10.